The van der Waals surface area contributed by atoms with Gasteiger partial charge in [0.2, 0.25) is 0 Å². The Morgan fingerprint density at radius 1 is 1.39 bits per heavy atom. The number of hydrogen-bond acceptors (Lipinski definition) is 2. The van der Waals surface area contributed by atoms with E-state index in [1.54, 1.807) is 0 Å². The molecular formula is C15H21N3. The fourth-order valence-corrected chi connectivity index (χ4v) is 2.88. The third kappa shape index (κ3) is 1.83. The molecule has 2 aromatic rings. The predicted octanol–water partition coefficient (Wildman–Crippen LogP) is 2.48. The summed E-state index contributed by atoms with van der Waals surface area (Å²) in [5.74, 6) is 1.21. The van der Waals surface area contributed by atoms with E-state index < -0.39 is 0 Å². The van der Waals surface area contributed by atoms with Crippen LogP contribution < -0.4 is 5.32 Å². The molecule has 1 aliphatic heterocycles. The normalized spacial score (nSPS) is 19.8. The summed E-state index contributed by atoms with van der Waals surface area (Å²) >= 11 is 0. The molecule has 1 fully saturated rings. The number of hydrogen-bond donors (Lipinski definition) is 1. The quantitative estimate of drug-likeness (QED) is 0.878. The Morgan fingerprint density at radius 2 is 2.22 bits per heavy atom. The zero-order valence-electron chi connectivity index (χ0n) is 11.5. The number of fused-ring (bicyclic) bond motifs is 1. The molecular weight excluding hydrogens is 222 g/mol. The van der Waals surface area contributed by atoms with Crippen molar-refractivity contribution in [2.24, 2.45) is 7.05 Å². The van der Waals surface area contributed by atoms with Crippen molar-refractivity contribution in [2.75, 3.05) is 6.54 Å². The minimum atomic E-state index is 0.613. The molecule has 1 saturated heterocycles. The molecule has 18 heavy (non-hydrogen) atoms. The van der Waals surface area contributed by atoms with Gasteiger partial charge in [0.1, 0.15) is 5.82 Å². The van der Waals surface area contributed by atoms with Crippen LogP contribution in [0.25, 0.3) is 11.0 Å². The van der Waals surface area contributed by atoms with Gasteiger partial charge in [-0.25, -0.2) is 4.98 Å². The molecule has 0 saturated carbocycles. The third-order valence-corrected chi connectivity index (χ3v) is 4.26. The second kappa shape index (κ2) is 4.39. The maximum atomic E-state index is 4.86. The van der Waals surface area contributed by atoms with Gasteiger partial charge in [-0.2, -0.15) is 0 Å². The topological polar surface area (TPSA) is 29.9 Å². The van der Waals surface area contributed by atoms with Gasteiger partial charge in [0.25, 0.3) is 0 Å². The molecule has 1 N–H and O–H groups in total. The first-order valence-corrected chi connectivity index (χ1v) is 6.81. The van der Waals surface area contributed by atoms with Crippen molar-refractivity contribution < 1.29 is 0 Å². The van der Waals surface area contributed by atoms with Crippen molar-refractivity contribution in [3.8, 4) is 0 Å². The Morgan fingerprint density at radius 3 is 2.94 bits per heavy atom. The highest BCUT2D eigenvalue weighted by molar-refractivity contribution is 5.80. The lowest BCUT2D eigenvalue weighted by molar-refractivity contribution is 0.575. The lowest BCUT2D eigenvalue weighted by Gasteiger charge is -2.09. The van der Waals surface area contributed by atoms with Gasteiger partial charge in [-0.05, 0) is 50.4 Å². The Bertz CT molecular complexity index is 577. The summed E-state index contributed by atoms with van der Waals surface area (Å²) in [6.45, 7) is 5.48. The average molecular weight is 243 g/mol. The van der Waals surface area contributed by atoms with E-state index in [1.165, 1.54) is 40.8 Å². The van der Waals surface area contributed by atoms with Crippen molar-refractivity contribution in [3.63, 3.8) is 0 Å². The van der Waals surface area contributed by atoms with Crippen LogP contribution in [0.4, 0.5) is 0 Å². The molecule has 3 heteroatoms. The van der Waals surface area contributed by atoms with Gasteiger partial charge in [-0.3, -0.25) is 0 Å². The second-order valence-electron chi connectivity index (χ2n) is 5.46. The van der Waals surface area contributed by atoms with Crippen LogP contribution >= 0.6 is 0 Å². The SMILES string of the molecule is Cc1ccc2c(nc(CC3CCCN3)n2C)c1C. The molecule has 1 atom stereocenters. The monoisotopic (exact) mass is 243 g/mol. The van der Waals surface area contributed by atoms with Gasteiger partial charge in [0.15, 0.2) is 0 Å². The van der Waals surface area contributed by atoms with Gasteiger partial charge >= 0.3 is 0 Å². The minimum absolute atomic E-state index is 0.613. The first-order chi connectivity index (χ1) is 8.66. The Hall–Kier alpha value is -1.35. The molecule has 2 heterocycles. The summed E-state index contributed by atoms with van der Waals surface area (Å²) in [4.78, 5) is 4.86. The molecule has 0 radical (unpaired) electrons. The number of aromatic nitrogens is 2. The van der Waals surface area contributed by atoms with Crippen LogP contribution in [0.15, 0.2) is 12.1 Å². The summed E-state index contributed by atoms with van der Waals surface area (Å²) in [5, 5.41) is 3.55. The fraction of sp³-hybridized carbons (Fsp3) is 0.533. The molecule has 3 rings (SSSR count). The van der Waals surface area contributed by atoms with Gasteiger partial charge in [-0.15, -0.1) is 0 Å². The van der Waals surface area contributed by atoms with Crippen LogP contribution in [-0.2, 0) is 13.5 Å². The molecule has 96 valence electrons. The molecule has 1 unspecified atom stereocenters. The Kier molecular flexibility index (Phi) is 2.86. The highest BCUT2D eigenvalue weighted by atomic mass is 15.1. The van der Waals surface area contributed by atoms with E-state index in [-0.39, 0.29) is 0 Å². The highest BCUT2D eigenvalue weighted by Crippen LogP contribution is 2.23. The second-order valence-corrected chi connectivity index (χ2v) is 5.46. The minimum Gasteiger partial charge on any atom is -0.331 e. The maximum Gasteiger partial charge on any atom is 0.111 e. The number of benzene rings is 1. The maximum absolute atomic E-state index is 4.86. The lowest BCUT2D eigenvalue weighted by atomic mass is 10.1. The number of imidazole rings is 1. The lowest BCUT2D eigenvalue weighted by Crippen LogP contribution is -2.25. The molecule has 3 nitrogen and oxygen atoms in total. The third-order valence-electron chi connectivity index (χ3n) is 4.26. The molecule has 0 aliphatic carbocycles. The number of aryl methyl sites for hydroxylation is 3. The highest BCUT2D eigenvalue weighted by Gasteiger charge is 2.18. The zero-order valence-corrected chi connectivity index (χ0v) is 11.5. The summed E-state index contributed by atoms with van der Waals surface area (Å²) < 4.78 is 2.25. The van der Waals surface area contributed by atoms with E-state index in [2.05, 4.69) is 42.9 Å². The standard InChI is InChI=1S/C15H21N3/c1-10-6-7-13-15(11(10)2)17-14(18(13)3)9-12-5-4-8-16-12/h6-7,12,16H,4-5,8-9H2,1-3H3. The van der Waals surface area contributed by atoms with Crippen LogP contribution in [0, 0.1) is 13.8 Å². The summed E-state index contributed by atoms with van der Waals surface area (Å²) in [6.07, 6.45) is 3.62. The summed E-state index contributed by atoms with van der Waals surface area (Å²) in [7, 11) is 2.13. The van der Waals surface area contributed by atoms with Gasteiger partial charge in [-0.1, -0.05) is 6.07 Å². The van der Waals surface area contributed by atoms with Crippen LogP contribution in [0.3, 0.4) is 0 Å². The Labute approximate surface area is 108 Å². The van der Waals surface area contributed by atoms with E-state index in [4.69, 9.17) is 4.98 Å². The van der Waals surface area contributed by atoms with Gasteiger partial charge in [0.05, 0.1) is 11.0 Å². The number of rotatable bonds is 2. The van der Waals surface area contributed by atoms with E-state index in [1.807, 2.05) is 0 Å². The fourth-order valence-electron chi connectivity index (χ4n) is 2.88. The van der Waals surface area contributed by atoms with Crippen LogP contribution in [0.2, 0.25) is 0 Å². The molecule has 1 aliphatic rings. The first kappa shape index (κ1) is 11.7. The van der Waals surface area contributed by atoms with Crippen LogP contribution in [0.5, 0.6) is 0 Å². The molecule has 0 bridgehead atoms. The van der Waals surface area contributed by atoms with Crippen LogP contribution in [0.1, 0.15) is 29.8 Å². The van der Waals surface area contributed by atoms with E-state index in [0.717, 1.165) is 13.0 Å². The van der Waals surface area contributed by atoms with Gasteiger partial charge < -0.3 is 9.88 Å². The van der Waals surface area contributed by atoms with Crippen molar-refractivity contribution in [1.29, 1.82) is 0 Å². The molecule has 1 aromatic heterocycles. The van der Waals surface area contributed by atoms with E-state index in [0.29, 0.717) is 6.04 Å². The largest absolute Gasteiger partial charge is 0.331 e. The molecule has 0 spiro atoms. The summed E-state index contributed by atoms with van der Waals surface area (Å²) in [5.41, 5.74) is 5.07. The molecule has 1 aromatic carbocycles. The van der Waals surface area contributed by atoms with Crippen molar-refractivity contribution in [2.45, 2.75) is 39.2 Å². The smallest absolute Gasteiger partial charge is 0.111 e. The zero-order chi connectivity index (χ0) is 12.7. The Balaban J connectivity index is 2.02. The number of nitrogens with zero attached hydrogens (tertiary/aromatic N) is 2. The van der Waals surface area contributed by atoms with Gasteiger partial charge in [0, 0.05) is 19.5 Å². The summed E-state index contributed by atoms with van der Waals surface area (Å²) in [6, 6.07) is 5.00. The predicted molar refractivity (Wildman–Crippen MR) is 74.9 cm³/mol. The molecule has 0 amide bonds. The van der Waals surface area contributed by atoms with Crippen molar-refractivity contribution in [3.05, 3.63) is 29.1 Å². The van der Waals surface area contributed by atoms with Crippen molar-refractivity contribution >= 4 is 11.0 Å². The van der Waals surface area contributed by atoms with Crippen molar-refractivity contribution in [1.82, 2.24) is 14.9 Å². The average Bonchev–Trinajstić information content (AvgIpc) is 2.95. The van der Waals surface area contributed by atoms with Crippen LogP contribution in [-0.4, -0.2) is 22.1 Å². The first-order valence-electron chi connectivity index (χ1n) is 6.81. The van der Waals surface area contributed by atoms with E-state index >= 15 is 0 Å². The van der Waals surface area contributed by atoms with E-state index in [9.17, 15) is 0 Å². The number of nitrogens with one attached hydrogen (secondary N) is 1.